The van der Waals surface area contributed by atoms with Crippen molar-refractivity contribution < 1.29 is 0 Å². The van der Waals surface area contributed by atoms with Crippen molar-refractivity contribution in [2.75, 3.05) is 13.6 Å². The highest BCUT2D eigenvalue weighted by molar-refractivity contribution is 5.31. The van der Waals surface area contributed by atoms with Gasteiger partial charge in [-0.25, -0.2) is 0 Å². The van der Waals surface area contributed by atoms with Crippen LogP contribution in [0, 0.1) is 6.92 Å². The summed E-state index contributed by atoms with van der Waals surface area (Å²) in [4.78, 5) is 2.35. The predicted octanol–water partition coefficient (Wildman–Crippen LogP) is 1.98. The highest BCUT2D eigenvalue weighted by Crippen LogP contribution is 2.33. The average Bonchev–Trinajstić information content (AvgIpc) is 2.68. The third-order valence-corrected chi connectivity index (χ3v) is 2.41. The van der Waals surface area contributed by atoms with E-state index in [-0.39, 0.29) is 0 Å². The summed E-state index contributed by atoms with van der Waals surface area (Å²) in [5, 5.41) is 0. The fourth-order valence-corrected chi connectivity index (χ4v) is 1.52. The van der Waals surface area contributed by atoms with Gasteiger partial charge in [-0.15, -0.1) is 0 Å². The molecule has 1 saturated heterocycles. The third-order valence-electron chi connectivity index (χ3n) is 2.41. The Morgan fingerprint density at radius 1 is 1.36 bits per heavy atom. The molecule has 1 heterocycles. The molecule has 1 nitrogen and oxygen atoms in total. The van der Waals surface area contributed by atoms with Crippen molar-refractivity contribution >= 4 is 0 Å². The van der Waals surface area contributed by atoms with Gasteiger partial charge in [0.1, 0.15) is 0 Å². The molecule has 11 heavy (non-hydrogen) atoms. The first-order valence-corrected chi connectivity index (χ1v) is 4.05. The van der Waals surface area contributed by atoms with Crippen LogP contribution in [0.25, 0.3) is 0 Å². The maximum atomic E-state index is 2.35. The topological polar surface area (TPSA) is 3.01 Å². The number of aryl methyl sites for hydroxylation is 1. The largest absolute Gasteiger partial charge is 0.296 e. The fraction of sp³-hybridized carbons (Fsp3) is 0.400. The van der Waals surface area contributed by atoms with Gasteiger partial charge in [0.15, 0.2) is 0 Å². The van der Waals surface area contributed by atoms with Crippen LogP contribution < -0.4 is 0 Å². The number of benzene rings is 1. The van der Waals surface area contributed by atoms with E-state index < -0.39 is 0 Å². The van der Waals surface area contributed by atoms with E-state index in [0.717, 1.165) is 0 Å². The first-order chi connectivity index (χ1) is 5.29. The number of rotatable bonds is 1. The van der Waals surface area contributed by atoms with Gasteiger partial charge in [0, 0.05) is 12.6 Å². The molecule has 2 rings (SSSR count). The summed E-state index contributed by atoms with van der Waals surface area (Å²) in [5.74, 6) is 0. The van der Waals surface area contributed by atoms with Gasteiger partial charge in [-0.1, -0.05) is 24.3 Å². The van der Waals surface area contributed by atoms with Gasteiger partial charge >= 0.3 is 0 Å². The molecule has 2 atom stereocenters. The maximum absolute atomic E-state index is 2.35. The molecule has 0 saturated carbocycles. The van der Waals surface area contributed by atoms with E-state index >= 15 is 0 Å². The van der Waals surface area contributed by atoms with Crippen LogP contribution in [0.3, 0.4) is 0 Å². The van der Waals surface area contributed by atoms with Gasteiger partial charge in [0.2, 0.25) is 0 Å². The Morgan fingerprint density at radius 2 is 2.00 bits per heavy atom. The molecular weight excluding hydrogens is 134 g/mol. The maximum Gasteiger partial charge on any atom is 0.0475 e. The summed E-state index contributed by atoms with van der Waals surface area (Å²) < 4.78 is 0. The van der Waals surface area contributed by atoms with E-state index in [1.165, 1.54) is 17.7 Å². The third kappa shape index (κ3) is 1.16. The summed E-state index contributed by atoms with van der Waals surface area (Å²) in [6, 6.07) is 9.33. The molecule has 1 aromatic rings. The molecule has 58 valence electrons. The van der Waals surface area contributed by atoms with Crippen molar-refractivity contribution in [2.24, 2.45) is 0 Å². The molecule has 0 radical (unpaired) electrons. The summed E-state index contributed by atoms with van der Waals surface area (Å²) in [7, 11) is 2.16. The molecule has 1 aliphatic rings. The minimum absolute atomic E-state index is 0.705. The van der Waals surface area contributed by atoms with Crippen molar-refractivity contribution in [2.45, 2.75) is 13.0 Å². The summed E-state index contributed by atoms with van der Waals surface area (Å²) in [5.41, 5.74) is 2.91. The highest BCUT2D eigenvalue weighted by Gasteiger charge is 2.31. The van der Waals surface area contributed by atoms with Gasteiger partial charge in [-0.3, -0.25) is 4.90 Å². The van der Waals surface area contributed by atoms with Crippen LogP contribution in [0.15, 0.2) is 24.3 Å². The van der Waals surface area contributed by atoms with Gasteiger partial charge in [0.05, 0.1) is 0 Å². The summed E-state index contributed by atoms with van der Waals surface area (Å²) in [6.45, 7) is 3.41. The van der Waals surface area contributed by atoms with Crippen LogP contribution in [0.2, 0.25) is 0 Å². The fourth-order valence-electron chi connectivity index (χ4n) is 1.52. The molecule has 1 aromatic carbocycles. The van der Waals surface area contributed by atoms with Crippen LogP contribution in [-0.2, 0) is 0 Å². The molecule has 0 amide bonds. The molecule has 0 aliphatic carbocycles. The van der Waals surface area contributed by atoms with E-state index in [9.17, 15) is 0 Å². The smallest absolute Gasteiger partial charge is 0.0475 e. The Hall–Kier alpha value is -0.820. The van der Waals surface area contributed by atoms with Crippen molar-refractivity contribution in [3.05, 3.63) is 35.4 Å². The van der Waals surface area contributed by atoms with Crippen LogP contribution >= 0.6 is 0 Å². The summed E-state index contributed by atoms with van der Waals surface area (Å²) >= 11 is 0. The first-order valence-electron chi connectivity index (χ1n) is 4.05. The molecule has 0 N–H and O–H groups in total. The van der Waals surface area contributed by atoms with Crippen LogP contribution in [0.5, 0.6) is 0 Å². The van der Waals surface area contributed by atoms with Gasteiger partial charge in [-0.05, 0) is 25.1 Å². The molecule has 1 fully saturated rings. The van der Waals surface area contributed by atoms with Crippen LogP contribution in [0.4, 0.5) is 0 Å². The Kier molecular flexibility index (Phi) is 1.46. The number of nitrogens with zero attached hydrogens (tertiary/aromatic N) is 1. The van der Waals surface area contributed by atoms with Crippen LogP contribution in [-0.4, -0.2) is 18.5 Å². The molecule has 1 heteroatoms. The van der Waals surface area contributed by atoms with Crippen molar-refractivity contribution in [1.82, 2.24) is 4.90 Å². The number of likely N-dealkylation sites (N-methyl/N-ethyl adjacent to an activating group) is 1. The lowest BCUT2D eigenvalue weighted by Gasteiger charge is -2.01. The minimum atomic E-state index is 0.705. The van der Waals surface area contributed by atoms with Crippen molar-refractivity contribution in [1.29, 1.82) is 0 Å². The SMILES string of the molecule is Cc1ccccc1[C@@H]1CN1C. The van der Waals surface area contributed by atoms with Gasteiger partial charge in [-0.2, -0.15) is 0 Å². The second kappa shape index (κ2) is 2.35. The van der Waals surface area contributed by atoms with Crippen molar-refractivity contribution in [3.63, 3.8) is 0 Å². The van der Waals surface area contributed by atoms with E-state index in [1.807, 2.05) is 0 Å². The van der Waals surface area contributed by atoms with E-state index in [1.54, 1.807) is 0 Å². The molecule has 1 unspecified atom stereocenters. The number of hydrogen-bond acceptors (Lipinski definition) is 1. The summed E-state index contributed by atoms with van der Waals surface area (Å²) in [6.07, 6.45) is 0. The Labute approximate surface area is 67.6 Å². The molecule has 0 spiro atoms. The number of hydrogen-bond donors (Lipinski definition) is 0. The quantitative estimate of drug-likeness (QED) is 0.549. The van der Waals surface area contributed by atoms with E-state index in [4.69, 9.17) is 0 Å². The highest BCUT2D eigenvalue weighted by atomic mass is 15.3. The first kappa shape index (κ1) is 6.86. The van der Waals surface area contributed by atoms with Crippen molar-refractivity contribution in [3.8, 4) is 0 Å². The second-order valence-electron chi connectivity index (χ2n) is 3.31. The average molecular weight is 147 g/mol. The minimum Gasteiger partial charge on any atom is -0.296 e. The normalized spacial score (nSPS) is 28.5. The zero-order valence-electron chi connectivity index (χ0n) is 7.04. The Bertz CT molecular complexity index is 267. The lowest BCUT2D eigenvalue weighted by Crippen LogP contribution is -1.90. The van der Waals surface area contributed by atoms with Gasteiger partial charge < -0.3 is 0 Å². The Balaban J connectivity index is 2.31. The van der Waals surface area contributed by atoms with E-state index in [2.05, 4.69) is 43.1 Å². The molecule has 1 aliphatic heterocycles. The van der Waals surface area contributed by atoms with Crippen LogP contribution in [0.1, 0.15) is 17.2 Å². The molecular formula is C10H13N. The predicted molar refractivity (Wildman–Crippen MR) is 46.6 cm³/mol. The standard InChI is InChI=1S/C10H13N/c1-8-5-3-4-6-9(8)10-7-11(10)2/h3-6,10H,7H2,1-2H3/t10-,11?/m0/s1. The van der Waals surface area contributed by atoms with E-state index in [0.29, 0.717) is 6.04 Å². The zero-order chi connectivity index (χ0) is 7.84. The molecule has 0 bridgehead atoms. The zero-order valence-corrected chi connectivity index (χ0v) is 7.04. The monoisotopic (exact) mass is 147 g/mol. The Morgan fingerprint density at radius 3 is 2.55 bits per heavy atom. The lowest BCUT2D eigenvalue weighted by molar-refractivity contribution is 0.630. The second-order valence-corrected chi connectivity index (χ2v) is 3.31. The lowest BCUT2D eigenvalue weighted by atomic mass is 10.1. The van der Waals surface area contributed by atoms with Gasteiger partial charge in [0.25, 0.3) is 0 Å². The molecule has 0 aromatic heterocycles.